The van der Waals surface area contributed by atoms with Crippen molar-refractivity contribution in [2.24, 2.45) is 23.7 Å². The van der Waals surface area contributed by atoms with E-state index in [1.807, 2.05) is 0 Å². The minimum absolute atomic E-state index is 0.472. The summed E-state index contributed by atoms with van der Waals surface area (Å²) in [6.07, 6.45) is 12.5. The van der Waals surface area contributed by atoms with Gasteiger partial charge >= 0.3 is 35.3 Å². The van der Waals surface area contributed by atoms with Crippen LogP contribution in [0.2, 0.25) is 0 Å². The SMILES string of the molecule is C1=CC2C(C1)[C@H]1C=C[C@@H]2C1.[Cl][Pt][Cl]. The number of rotatable bonds is 0. The molecule has 0 N–H and O–H groups in total. The van der Waals surface area contributed by atoms with Crippen LogP contribution in [0.1, 0.15) is 12.8 Å². The van der Waals surface area contributed by atoms with E-state index in [1.165, 1.54) is 12.8 Å². The summed E-state index contributed by atoms with van der Waals surface area (Å²) in [5.74, 6) is 3.82. The molecule has 0 spiro atoms. The van der Waals surface area contributed by atoms with Crippen LogP contribution in [-0.4, -0.2) is 0 Å². The van der Waals surface area contributed by atoms with Crippen molar-refractivity contribution in [1.29, 1.82) is 0 Å². The van der Waals surface area contributed by atoms with Gasteiger partial charge in [-0.05, 0) is 36.5 Å². The first-order valence-electron chi connectivity index (χ1n) is 4.54. The van der Waals surface area contributed by atoms with Gasteiger partial charge in [0, 0.05) is 0 Å². The van der Waals surface area contributed by atoms with Crippen molar-refractivity contribution in [3.05, 3.63) is 24.3 Å². The van der Waals surface area contributed by atoms with E-state index in [-0.39, 0.29) is 0 Å². The molecule has 0 radical (unpaired) electrons. The Hall–Kier alpha value is 0.748. The average molecular weight is 398 g/mol. The Morgan fingerprint density at radius 3 is 2.46 bits per heavy atom. The van der Waals surface area contributed by atoms with Gasteiger partial charge in [-0.2, -0.15) is 0 Å². The Morgan fingerprint density at radius 2 is 1.77 bits per heavy atom. The molecule has 3 heteroatoms. The fourth-order valence-corrected chi connectivity index (χ4v) is 2.97. The number of hydrogen-bond donors (Lipinski definition) is 0. The molecule has 0 aliphatic heterocycles. The van der Waals surface area contributed by atoms with Gasteiger partial charge in [-0.25, -0.2) is 0 Å². The first-order valence-corrected chi connectivity index (χ1v) is 10.2. The third-order valence-corrected chi connectivity index (χ3v) is 3.46. The van der Waals surface area contributed by atoms with Crippen molar-refractivity contribution in [2.75, 3.05) is 0 Å². The van der Waals surface area contributed by atoms with Crippen LogP contribution in [0.5, 0.6) is 0 Å². The number of allylic oxidation sites excluding steroid dienone is 4. The molecule has 2 unspecified atom stereocenters. The molecule has 0 heterocycles. The number of fused-ring (bicyclic) bond motifs is 5. The zero-order valence-electron chi connectivity index (χ0n) is 7.11. The van der Waals surface area contributed by atoms with Gasteiger partial charge < -0.3 is 0 Å². The predicted molar refractivity (Wildman–Crippen MR) is 53.2 cm³/mol. The molecule has 1 saturated carbocycles. The monoisotopic (exact) mass is 397 g/mol. The predicted octanol–water partition coefficient (Wildman–Crippen LogP) is 3.76. The van der Waals surface area contributed by atoms with Gasteiger partial charge in [-0.15, -0.1) is 0 Å². The van der Waals surface area contributed by atoms with E-state index in [0.29, 0.717) is 0 Å². The van der Waals surface area contributed by atoms with Crippen LogP contribution in [-0.2, 0) is 16.5 Å². The summed E-state index contributed by atoms with van der Waals surface area (Å²) in [7, 11) is 9.75. The molecule has 2 bridgehead atoms. The van der Waals surface area contributed by atoms with Crippen molar-refractivity contribution >= 4 is 18.8 Å². The minimum atomic E-state index is -0.472. The number of halogens is 2. The van der Waals surface area contributed by atoms with Crippen LogP contribution in [0.4, 0.5) is 0 Å². The second kappa shape index (κ2) is 4.51. The van der Waals surface area contributed by atoms with Crippen LogP contribution in [0.25, 0.3) is 0 Å². The molecule has 76 valence electrons. The zero-order valence-corrected chi connectivity index (χ0v) is 10.9. The van der Waals surface area contributed by atoms with E-state index >= 15 is 0 Å². The van der Waals surface area contributed by atoms with Gasteiger partial charge in [0.2, 0.25) is 0 Å². The normalized spacial score (nSPS) is 43.5. The summed E-state index contributed by atoms with van der Waals surface area (Å²) in [6, 6.07) is 0. The van der Waals surface area contributed by atoms with Crippen molar-refractivity contribution in [3.63, 3.8) is 0 Å². The topological polar surface area (TPSA) is 0 Å². The molecule has 0 aromatic carbocycles. The molecule has 1 fully saturated rings. The molecular weight excluding hydrogens is 386 g/mol. The molecule has 0 nitrogen and oxygen atoms in total. The molecular formula is C10H12Cl2Pt. The molecule has 13 heavy (non-hydrogen) atoms. The fourth-order valence-electron chi connectivity index (χ4n) is 2.97. The first kappa shape index (κ1) is 10.3. The summed E-state index contributed by atoms with van der Waals surface area (Å²) < 4.78 is 0. The summed E-state index contributed by atoms with van der Waals surface area (Å²) >= 11 is -0.472. The number of hydrogen-bond acceptors (Lipinski definition) is 0. The Balaban J connectivity index is 0.000000196. The van der Waals surface area contributed by atoms with E-state index in [9.17, 15) is 0 Å². The second-order valence-electron chi connectivity index (χ2n) is 3.90. The van der Waals surface area contributed by atoms with Gasteiger partial charge in [0.25, 0.3) is 0 Å². The fraction of sp³-hybridized carbons (Fsp3) is 0.600. The molecule has 0 aromatic heterocycles. The standard InChI is InChI=1S/C10H12.2ClH.Pt/c1-2-9-7-4-5-8(6-7)10(9)3-1;;;/h1-2,4-5,7-10H,3,6H2;2*1H;/q;;;+2/p-2/t7-,8+,9?,10?;;;/m1.../s1. The zero-order chi connectivity index (χ0) is 9.26. The molecule has 0 amide bonds. The molecule has 3 aliphatic rings. The second-order valence-corrected chi connectivity index (χ2v) is 7.18. The van der Waals surface area contributed by atoms with Crippen LogP contribution < -0.4 is 0 Å². The molecule has 4 atom stereocenters. The molecule has 3 aliphatic carbocycles. The molecule has 0 aromatic rings. The van der Waals surface area contributed by atoms with Crippen molar-refractivity contribution < 1.29 is 16.5 Å². The van der Waals surface area contributed by atoms with Crippen LogP contribution in [0.15, 0.2) is 24.3 Å². The van der Waals surface area contributed by atoms with E-state index in [4.69, 9.17) is 18.8 Å². The Labute approximate surface area is 95.8 Å². The third kappa shape index (κ3) is 1.91. The maximum absolute atomic E-state index is 4.88. The van der Waals surface area contributed by atoms with E-state index in [1.54, 1.807) is 0 Å². The van der Waals surface area contributed by atoms with Gasteiger partial charge in [-0.1, -0.05) is 24.3 Å². The van der Waals surface area contributed by atoms with Crippen LogP contribution in [0, 0.1) is 23.7 Å². The van der Waals surface area contributed by atoms with E-state index in [0.717, 1.165) is 23.7 Å². The quantitative estimate of drug-likeness (QED) is 0.546. The Kier molecular flexibility index (Phi) is 3.57. The average Bonchev–Trinajstić information content (AvgIpc) is 2.79. The Bertz CT molecular complexity index is 237. The summed E-state index contributed by atoms with van der Waals surface area (Å²) in [5.41, 5.74) is 0. The summed E-state index contributed by atoms with van der Waals surface area (Å²) in [6.45, 7) is 0. The van der Waals surface area contributed by atoms with Crippen LogP contribution in [0.3, 0.4) is 0 Å². The molecule has 3 rings (SSSR count). The summed E-state index contributed by atoms with van der Waals surface area (Å²) in [5, 5.41) is 0. The van der Waals surface area contributed by atoms with Crippen molar-refractivity contribution in [3.8, 4) is 0 Å². The van der Waals surface area contributed by atoms with Gasteiger partial charge in [0.15, 0.2) is 0 Å². The van der Waals surface area contributed by atoms with Crippen molar-refractivity contribution in [1.82, 2.24) is 0 Å². The molecule has 0 saturated heterocycles. The maximum atomic E-state index is 4.88. The summed E-state index contributed by atoms with van der Waals surface area (Å²) in [4.78, 5) is 0. The van der Waals surface area contributed by atoms with E-state index in [2.05, 4.69) is 24.3 Å². The third-order valence-electron chi connectivity index (χ3n) is 3.46. The van der Waals surface area contributed by atoms with Crippen molar-refractivity contribution in [2.45, 2.75) is 12.8 Å². The van der Waals surface area contributed by atoms with Crippen LogP contribution >= 0.6 is 18.8 Å². The van der Waals surface area contributed by atoms with Gasteiger partial charge in [0.1, 0.15) is 0 Å². The first-order chi connectivity index (χ1) is 6.36. The van der Waals surface area contributed by atoms with E-state index < -0.39 is 16.5 Å². The van der Waals surface area contributed by atoms with Gasteiger partial charge in [-0.3, -0.25) is 0 Å². The van der Waals surface area contributed by atoms with Gasteiger partial charge in [0.05, 0.1) is 0 Å². The Morgan fingerprint density at radius 1 is 1.08 bits per heavy atom.